The van der Waals surface area contributed by atoms with Crippen molar-refractivity contribution in [2.75, 3.05) is 23.3 Å². The number of carbonyl (C=O) groups is 1. The highest BCUT2D eigenvalue weighted by Crippen LogP contribution is 2.34. The third-order valence-corrected chi connectivity index (χ3v) is 5.83. The molecule has 2 aliphatic rings. The van der Waals surface area contributed by atoms with Crippen LogP contribution in [0.3, 0.4) is 0 Å². The molecule has 1 N–H and O–H groups in total. The summed E-state index contributed by atoms with van der Waals surface area (Å²) >= 11 is 0. The Balaban J connectivity index is 1.32. The summed E-state index contributed by atoms with van der Waals surface area (Å²) in [7, 11) is 0. The van der Waals surface area contributed by atoms with E-state index < -0.39 is 11.7 Å². The fourth-order valence-electron chi connectivity index (χ4n) is 4.24. The lowest BCUT2D eigenvalue weighted by molar-refractivity contribution is -0.115. The molecule has 156 valence electrons. The summed E-state index contributed by atoms with van der Waals surface area (Å²) in [5.41, 5.74) is 3.06. The number of nitrogens with zero attached hydrogens (tertiary/aromatic N) is 3. The van der Waals surface area contributed by atoms with Gasteiger partial charge in [0.25, 0.3) is 0 Å². The molecular formula is C24H20F2N4O. The van der Waals surface area contributed by atoms with Crippen molar-refractivity contribution < 1.29 is 13.6 Å². The monoisotopic (exact) mass is 418 g/mol. The molecule has 1 saturated heterocycles. The topological polar surface area (TPSA) is 57.6 Å². The molecular weight excluding hydrogens is 398 g/mol. The number of anilines is 2. The van der Waals surface area contributed by atoms with Crippen molar-refractivity contribution in [2.24, 2.45) is 4.99 Å². The fraction of sp³-hybridized carbons (Fsp3) is 0.208. The van der Waals surface area contributed by atoms with Crippen molar-refractivity contribution in [1.82, 2.24) is 4.98 Å². The molecule has 7 heteroatoms. The molecule has 3 aromatic rings. The Morgan fingerprint density at radius 2 is 2.03 bits per heavy atom. The number of benzene rings is 2. The summed E-state index contributed by atoms with van der Waals surface area (Å²) in [6, 6.07) is 14.8. The molecule has 1 fully saturated rings. The number of amides is 1. The average molecular weight is 418 g/mol. The first-order valence-electron chi connectivity index (χ1n) is 10.2. The Morgan fingerprint density at radius 3 is 2.84 bits per heavy atom. The van der Waals surface area contributed by atoms with Gasteiger partial charge in [-0.2, -0.15) is 0 Å². The van der Waals surface area contributed by atoms with Crippen LogP contribution < -0.4 is 10.2 Å². The minimum Gasteiger partial charge on any atom is -0.368 e. The predicted octanol–water partition coefficient (Wildman–Crippen LogP) is 4.79. The van der Waals surface area contributed by atoms with Gasteiger partial charge in [-0.05, 0) is 54.4 Å². The Kier molecular flexibility index (Phi) is 4.94. The zero-order valence-electron chi connectivity index (χ0n) is 16.6. The van der Waals surface area contributed by atoms with Crippen molar-refractivity contribution in [3.8, 4) is 0 Å². The van der Waals surface area contributed by atoms with Crippen molar-refractivity contribution in [2.45, 2.75) is 18.3 Å². The molecule has 0 radical (unpaired) electrons. The third-order valence-electron chi connectivity index (χ3n) is 5.83. The number of rotatable bonds is 4. The molecule has 31 heavy (non-hydrogen) atoms. The van der Waals surface area contributed by atoms with E-state index in [1.54, 1.807) is 18.3 Å². The second-order valence-corrected chi connectivity index (χ2v) is 7.80. The molecule has 2 aromatic carbocycles. The summed E-state index contributed by atoms with van der Waals surface area (Å²) in [5.74, 6) is -1.48. The van der Waals surface area contributed by atoms with Gasteiger partial charge in [0, 0.05) is 48.9 Å². The quantitative estimate of drug-likeness (QED) is 0.620. The van der Waals surface area contributed by atoms with E-state index in [9.17, 15) is 13.6 Å². The first kappa shape index (κ1) is 19.4. The van der Waals surface area contributed by atoms with Gasteiger partial charge < -0.3 is 10.2 Å². The summed E-state index contributed by atoms with van der Waals surface area (Å²) in [4.78, 5) is 22.9. The van der Waals surface area contributed by atoms with Gasteiger partial charge in [0.15, 0.2) is 0 Å². The first-order chi connectivity index (χ1) is 15.1. The fourth-order valence-corrected chi connectivity index (χ4v) is 4.24. The average Bonchev–Trinajstić information content (AvgIpc) is 3.37. The van der Waals surface area contributed by atoms with E-state index >= 15 is 0 Å². The highest BCUT2D eigenvalue weighted by atomic mass is 19.1. The maximum atomic E-state index is 14.8. The molecule has 1 amide bonds. The maximum Gasteiger partial charge on any atom is 0.237 e. The number of halogens is 2. The molecule has 2 unspecified atom stereocenters. The normalized spacial score (nSPS) is 20.3. The lowest BCUT2D eigenvalue weighted by Crippen LogP contribution is -2.20. The first-order valence-corrected chi connectivity index (χ1v) is 10.2. The number of nitrogens with one attached hydrogen (secondary N) is 1. The van der Waals surface area contributed by atoms with E-state index in [2.05, 4.69) is 15.3 Å². The van der Waals surface area contributed by atoms with Crippen LogP contribution in [-0.4, -0.2) is 30.2 Å². The van der Waals surface area contributed by atoms with Gasteiger partial charge in [-0.25, -0.2) is 8.78 Å². The third kappa shape index (κ3) is 3.79. The molecule has 1 aromatic heterocycles. The van der Waals surface area contributed by atoms with Crippen LogP contribution in [0.2, 0.25) is 0 Å². The molecule has 3 heterocycles. The molecule has 2 atom stereocenters. The summed E-state index contributed by atoms with van der Waals surface area (Å²) in [6.45, 7) is 1.46. The van der Waals surface area contributed by atoms with E-state index in [1.165, 1.54) is 30.5 Å². The van der Waals surface area contributed by atoms with Gasteiger partial charge in [0.2, 0.25) is 5.91 Å². The van der Waals surface area contributed by atoms with E-state index in [-0.39, 0.29) is 17.6 Å². The Labute approximate surface area is 178 Å². The summed E-state index contributed by atoms with van der Waals surface area (Å²) in [5, 5.41) is 2.70. The molecule has 0 saturated carbocycles. The van der Waals surface area contributed by atoms with Crippen molar-refractivity contribution in [1.29, 1.82) is 0 Å². The van der Waals surface area contributed by atoms with Gasteiger partial charge in [0.05, 0.1) is 11.4 Å². The number of hydrogen-bond donors (Lipinski definition) is 1. The van der Waals surface area contributed by atoms with E-state index in [0.29, 0.717) is 29.2 Å². The lowest BCUT2D eigenvalue weighted by Gasteiger charge is -2.19. The standard InChI is InChI=1S/C24H20F2N4O/c25-16-4-6-22-18(11-16)19(24(31)29-22)13-28-17-5-7-23(20(26)12-17)30-10-8-15(14-30)21-3-1-2-9-27-21/h1-7,9,11-13,15,19H,8,10,14H2,(H,29,31). The number of carbonyl (C=O) groups excluding carboxylic acids is 1. The van der Waals surface area contributed by atoms with Crippen molar-refractivity contribution in [3.63, 3.8) is 0 Å². The lowest BCUT2D eigenvalue weighted by atomic mass is 10.0. The predicted molar refractivity (Wildman–Crippen MR) is 116 cm³/mol. The summed E-state index contributed by atoms with van der Waals surface area (Å²) in [6.07, 6.45) is 4.13. The molecule has 2 aliphatic heterocycles. The molecule has 0 aliphatic carbocycles. The van der Waals surface area contributed by atoms with Crippen molar-refractivity contribution in [3.05, 3.63) is 83.7 Å². The van der Waals surface area contributed by atoms with Crippen LogP contribution in [0, 0.1) is 11.6 Å². The maximum absolute atomic E-state index is 14.8. The minimum atomic E-state index is -0.703. The number of fused-ring (bicyclic) bond motifs is 1. The van der Waals surface area contributed by atoms with Gasteiger partial charge in [-0.1, -0.05) is 6.07 Å². The van der Waals surface area contributed by atoms with Gasteiger partial charge in [-0.3, -0.25) is 14.8 Å². The van der Waals surface area contributed by atoms with Crippen LogP contribution in [0.15, 0.2) is 65.8 Å². The van der Waals surface area contributed by atoms with Gasteiger partial charge in [0.1, 0.15) is 17.6 Å². The zero-order chi connectivity index (χ0) is 21.4. The van der Waals surface area contributed by atoms with E-state index in [1.807, 2.05) is 23.1 Å². The highest BCUT2D eigenvalue weighted by Gasteiger charge is 2.30. The Hall–Kier alpha value is -3.61. The molecule has 0 spiro atoms. The SMILES string of the molecule is O=C1Nc2ccc(F)cc2C1C=Nc1ccc(N2CCC(c3ccccn3)C2)c(F)c1. The highest BCUT2D eigenvalue weighted by molar-refractivity contribution is 6.12. The van der Waals surface area contributed by atoms with Crippen LogP contribution in [0.1, 0.15) is 29.5 Å². The zero-order valence-corrected chi connectivity index (χ0v) is 16.6. The van der Waals surface area contributed by atoms with Crippen LogP contribution in [0.4, 0.5) is 25.8 Å². The second-order valence-electron chi connectivity index (χ2n) is 7.80. The van der Waals surface area contributed by atoms with Crippen LogP contribution >= 0.6 is 0 Å². The van der Waals surface area contributed by atoms with Gasteiger partial charge >= 0.3 is 0 Å². The molecule has 5 nitrogen and oxygen atoms in total. The Morgan fingerprint density at radius 1 is 1.13 bits per heavy atom. The number of hydrogen-bond acceptors (Lipinski definition) is 4. The number of aromatic nitrogens is 1. The molecule has 5 rings (SSSR count). The summed E-state index contributed by atoms with van der Waals surface area (Å²) < 4.78 is 28.4. The van der Waals surface area contributed by atoms with Gasteiger partial charge in [-0.15, -0.1) is 0 Å². The van der Waals surface area contributed by atoms with Crippen LogP contribution in [-0.2, 0) is 4.79 Å². The Bertz CT molecular complexity index is 1170. The van der Waals surface area contributed by atoms with E-state index in [0.717, 1.165) is 18.7 Å². The van der Waals surface area contributed by atoms with Crippen LogP contribution in [0.5, 0.6) is 0 Å². The minimum absolute atomic E-state index is 0.277. The van der Waals surface area contributed by atoms with Crippen LogP contribution in [0.25, 0.3) is 0 Å². The second kappa shape index (κ2) is 7.91. The molecule has 0 bridgehead atoms. The largest absolute Gasteiger partial charge is 0.368 e. The number of pyridine rings is 1. The van der Waals surface area contributed by atoms with Crippen molar-refractivity contribution >= 4 is 29.2 Å². The number of aliphatic imine (C=N–C) groups is 1. The smallest absolute Gasteiger partial charge is 0.237 e. The van der Waals surface area contributed by atoms with E-state index in [4.69, 9.17) is 0 Å².